The zero-order chi connectivity index (χ0) is 21.4. The number of primary amides is 1. The predicted octanol–water partition coefficient (Wildman–Crippen LogP) is -3.66. The highest BCUT2D eigenvalue weighted by Crippen LogP contribution is 2.19. The van der Waals surface area contributed by atoms with Crippen LogP contribution in [-0.2, 0) is 28.8 Å². The predicted molar refractivity (Wildman–Crippen MR) is 91.4 cm³/mol. The molecule has 3 unspecified atom stereocenters. The van der Waals surface area contributed by atoms with Crippen LogP contribution in [0.25, 0.3) is 0 Å². The number of nitrogens with two attached hydrogens (primary N) is 2. The Morgan fingerprint density at radius 1 is 1.04 bits per heavy atom. The second-order valence-electron chi connectivity index (χ2n) is 6.18. The molecule has 0 radical (unpaired) electrons. The van der Waals surface area contributed by atoms with Gasteiger partial charge in [-0.25, -0.2) is 4.79 Å². The van der Waals surface area contributed by atoms with Gasteiger partial charge in [-0.1, -0.05) is 0 Å². The van der Waals surface area contributed by atoms with Crippen LogP contribution in [0, 0.1) is 0 Å². The van der Waals surface area contributed by atoms with E-state index in [0.717, 1.165) is 4.90 Å². The van der Waals surface area contributed by atoms with Crippen LogP contribution in [0.1, 0.15) is 25.7 Å². The molecule has 1 heterocycles. The smallest absolute Gasteiger partial charge is 0.326 e. The van der Waals surface area contributed by atoms with Crippen molar-refractivity contribution in [2.45, 2.75) is 43.8 Å². The maximum atomic E-state index is 12.7. The summed E-state index contributed by atoms with van der Waals surface area (Å²) in [6.07, 6.45) is -0.732. The molecule has 0 bridgehead atoms. The van der Waals surface area contributed by atoms with E-state index in [2.05, 4.69) is 10.6 Å². The second-order valence-corrected chi connectivity index (χ2v) is 6.18. The minimum Gasteiger partial charge on any atom is -0.481 e. The molecule has 1 saturated heterocycles. The number of carbonyl (C=O) groups excluding carboxylic acids is 4. The first kappa shape index (κ1) is 22.8. The molecule has 0 spiro atoms. The molecule has 3 atom stereocenters. The molecular weight excluding hydrogens is 378 g/mol. The topological polar surface area (TPSA) is 222 Å². The number of aliphatic carboxylic acids is 2. The van der Waals surface area contributed by atoms with E-state index in [1.165, 1.54) is 0 Å². The van der Waals surface area contributed by atoms with Gasteiger partial charge in [-0.3, -0.25) is 24.0 Å². The summed E-state index contributed by atoms with van der Waals surface area (Å²) in [4.78, 5) is 70.8. The lowest BCUT2D eigenvalue weighted by Crippen LogP contribution is -2.56. The van der Waals surface area contributed by atoms with Crippen LogP contribution in [0.4, 0.5) is 0 Å². The highest BCUT2D eigenvalue weighted by atomic mass is 16.4. The van der Waals surface area contributed by atoms with E-state index in [1.807, 2.05) is 0 Å². The Morgan fingerprint density at radius 3 is 2.18 bits per heavy atom. The number of carboxylic acid groups (broad SMARTS) is 2. The molecule has 1 aliphatic rings. The molecule has 1 aliphatic heterocycles. The third-order valence-corrected chi connectivity index (χ3v) is 4.06. The summed E-state index contributed by atoms with van der Waals surface area (Å²) in [7, 11) is 0. The zero-order valence-electron chi connectivity index (χ0n) is 14.9. The number of amides is 4. The Kier molecular flexibility index (Phi) is 8.31. The average molecular weight is 401 g/mol. The number of rotatable bonds is 10. The van der Waals surface area contributed by atoms with Gasteiger partial charge < -0.3 is 37.2 Å². The van der Waals surface area contributed by atoms with Gasteiger partial charge in [0.25, 0.3) is 0 Å². The van der Waals surface area contributed by atoms with Crippen LogP contribution in [0.15, 0.2) is 0 Å². The molecule has 13 nitrogen and oxygen atoms in total. The Balaban J connectivity index is 2.92. The summed E-state index contributed by atoms with van der Waals surface area (Å²) in [5.41, 5.74) is 10.3. The van der Waals surface area contributed by atoms with Crippen LogP contribution < -0.4 is 22.1 Å². The molecule has 1 fully saturated rings. The van der Waals surface area contributed by atoms with Crippen LogP contribution >= 0.6 is 0 Å². The number of hydrogen-bond acceptors (Lipinski definition) is 7. The van der Waals surface area contributed by atoms with Crippen molar-refractivity contribution < 1.29 is 39.0 Å². The second kappa shape index (κ2) is 10.2. The maximum Gasteiger partial charge on any atom is 0.326 e. The molecule has 0 saturated carbocycles. The lowest BCUT2D eigenvalue weighted by molar-refractivity contribution is -0.148. The third-order valence-electron chi connectivity index (χ3n) is 4.06. The van der Waals surface area contributed by atoms with Crippen LogP contribution in [-0.4, -0.2) is 81.9 Å². The van der Waals surface area contributed by atoms with Gasteiger partial charge in [0.15, 0.2) is 0 Å². The van der Waals surface area contributed by atoms with E-state index in [1.54, 1.807) is 0 Å². The van der Waals surface area contributed by atoms with Gasteiger partial charge in [-0.2, -0.15) is 0 Å². The highest BCUT2D eigenvalue weighted by molar-refractivity contribution is 5.96. The fourth-order valence-corrected chi connectivity index (χ4v) is 2.80. The lowest BCUT2D eigenvalue weighted by Gasteiger charge is -2.29. The Labute approximate surface area is 159 Å². The third kappa shape index (κ3) is 6.50. The van der Waals surface area contributed by atoms with Crippen molar-refractivity contribution in [1.29, 1.82) is 0 Å². The molecule has 0 aromatic heterocycles. The van der Waals surface area contributed by atoms with Gasteiger partial charge in [0.1, 0.15) is 18.1 Å². The lowest BCUT2D eigenvalue weighted by atomic mass is 10.1. The summed E-state index contributed by atoms with van der Waals surface area (Å²) in [6.45, 7) is -0.302. The summed E-state index contributed by atoms with van der Waals surface area (Å²) >= 11 is 0. The Hall–Kier alpha value is -3.22. The first-order valence-electron chi connectivity index (χ1n) is 8.40. The number of carboxylic acids is 2. The fraction of sp³-hybridized carbons (Fsp3) is 0.600. The summed E-state index contributed by atoms with van der Waals surface area (Å²) in [6, 6.07) is -4.06. The monoisotopic (exact) mass is 401 g/mol. The molecule has 8 N–H and O–H groups in total. The molecule has 1 rings (SSSR count). The number of hydrogen-bond donors (Lipinski definition) is 6. The quantitative estimate of drug-likeness (QED) is 0.212. The summed E-state index contributed by atoms with van der Waals surface area (Å²) in [5.74, 6) is -6.10. The van der Waals surface area contributed by atoms with E-state index < -0.39 is 73.1 Å². The highest BCUT2D eigenvalue weighted by Gasteiger charge is 2.39. The van der Waals surface area contributed by atoms with Crippen LogP contribution in [0.3, 0.4) is 0 Å². The van der Waals surface area contributed by atoms with Gasteiger partial charge in [0, 0.05) is 6.54 Å². The first-order chi connectivity index (χ1) is 13.1. The van der Waals surface area contributed by atoms with Crippen molar-refractivity contribution >= 4 is 35.6 Å². The van der Waals surface area contributed by atoms with Crippen molar-refractivity contribution in [3.63, 3.8) is 0 Å². The summed E-state index contributed by atoms with van der Waals surface area (Å²) < 4.78 is 0. The van der Waals surface area contributed by atoms with Crippen molar-refractivity contribution in [2.75, 3.05) is 13.1 Å². The maximum absolute atomic E-state index is 12.7. The molecular formula is C15H23N5O8. The van der Waals surface area contributed by atoms with E-state index >= 15 is 0 Å². The Morgan fingerprint density at radius 2 is 1.68 bits per heavy atom. The van der Waals surface area contributed by atoms with Gasteiger partial charge in [-0.05, 0) is 12.8 Å². The number of carbonyl (C=O) groups is 6. The molecule has 4 amide bonds. The standard InChI is InChI=1S/C15H23N5O8/c16-6-11(22)18-7(4-10(17)21)14(26)20-3-1-2-9(20)13(25)19-8(15(27)28)5-12(23)24/h7-9H,1-6,16H2,(H2,17,21)(H,18,22)(H,19,25)(H,23,24)(H,27,28). The molecule has 0 aliphatic carbocycles. The first-order valence-corrected chi connectivity index (χ1v) is 8.40. The normalized spacial score (nSPS) is 18.0. The Bertz CT molecular complexity index is 667. The average Bonchev–Trinajstić information content (AvgIpc) is 3.08. The van der Waals surface area contributed by atoms with Crippen LogP contribution in [0.5, 0.6) is 0 Å². The molecule has 28 heavy (non-hydrogen) atoms. The van der Waals surface area contributed by atoms with E-state index in [4.69, 9.17) is 21.7 Å². The van der Waals surface area contributed by atoms with Crippen molar-refractivity contribution in [3.8, 4) is 0 Å². The van der Waals surface area contributed by atoms with E-state index in [9.17, 15) is 28.8 Å². The van der Waals surface area contributed by atoms with Gasteiger partial charge in [-0.15, -0.1) is 0 Å². The number of nitrogens with zero attached hydrogens (tertiary/aromatic N) is 1. The number of likely N-dealkylation sites (tertiary alicyclic amines) is 1. The minimum atomic E-state index is -1.67. The largest absolute Gasteiger partial charge is 0.481 e. The fourth-order valence-electron chi connectivity index (χ4n) is 2.80. The van der Waals surface area contributed by atoms with Crippen molar-refractivity contribution in [1.82, 2.24) is 15.5 Å². The van der Waals surface area contributed by atoms with Crippen molar-refractivity contribution in [2.24, 2.45) is 11.5 Å². The SMILES string of the molecule is NCC(=O)NC(CC(N)=O)C(=O)N1CCCC1C(=O)NC(CC(=O)O)C(=O)O. The molecule has 156 valence electrons. The zero-order valence-corrected chi connectivity index (χ0v) is 14.9. The molecule has 13 heteroatoms. The van der Waals surface area contributed by atoms with Gasteiger partial charge >= 0.3 is 11.9 Å². The molecule has 0 aromatic rings. The molecule has 0 aromatic carbocycles. The summed E-state index contributed by atoms with van der Waals surface area (Å²) in [5, 5.41) is 22.1. The van der Waals surface area contributed by atoms with E-state index in [0.29, 0.717) is 6.42 Å². The van der Waals surface area contributed by atoms with Crippen molar-refractivity contribution in [3.05, 3.63) is 0 Å². The van der Waals surface area contributed by atoms with Gasteiger partial charge in [0.05, 0.1) is 19.4 Å². The minimum absolute atomic E-state index is 0.126. The van der Waals surface area contributed by atoms with Crippen LogP contribution in [0.2, 0.25) is 0 Å². The van der Waals surface area contributed by atoms with E-state index in [-0.39, 0.29) is 13.0 Å². The number of nitrogens with one attached hydrogen (secondary N) is 2. The van der Waals surface area contributed by atoms with Gasteiger partial charge in [0.2, 0.25) is 23.6 Å².